The van der Waals surface area contributed by atoms with Crippen molar-refractivity contribution in [3.8, 4) is 0 Å². The van der Waals surface area contributed by atoms with Crippen LogP contribution in [-0.2, 0) is 80.9 Å². The molecule has 0 unspecified atom stereocenters. The van der Waals surface area contributed by atoms with Crippen LogP contribution < -0.4 is 16.4 Å². The summed E-state index contributed by atoms with van der Waals surface area (Å²) in [6.07, 6.45) is -15.9. The van der Waals surface area contributed by atoms with Gasteiger partial charge in [-0.05, 0) is 23.3 Å². The summed E-state index contributed by atoms with van der Waals surface area (Å²) in [7, 11) is 0. The molecule has 338 valence electrons. The van der Waals surface area contributed by atoms with Crippen LogP contribution in [0.25, 0.3) is 0 Å². The molecule has 0 amide bonds. The summed E-state index contributed by atoms with van der Waals surface area (Å²) in [6, 6.07) is 17.2. The lowest BCUT2D eigenvalue weighted by Gasteiger charge is -2.49. The van der Waals surface area contributed by atoms with Crippen LogP contribution in [0.15, 0.2) is 60.7 Å². The smallest absolute Gasteiger partial charge is 0.303 e. The van der Waals surface area contributed by atoms with E-state index in [2.05, 4.69) is 10.6 Å². The molecule has 4 rings (SSSR count). The van der Waals surface area contributed by atoms with E-state index in [1.165, 1.54) is 0 Å². The maximum Gasteiger partial charge on any atom is 0.303 e. The third-order valence-electron chi connectivity index (χ3n) is 9.19. The topological polar surface area (TPSA) is 262 Å². The molecule has 0 bridgehead atoms. The molecule has 2 fully saturated rings. The molecule has 2 aliphatic heterocycles. The van der Waals surface area contributed by atoms with Crippen molar-refractivity contribution in [1.82, 2.24) is 10.6 Å². The van der Waals surface area contributed by atoms with Crippen LogP contribution in [0.5, 0.6) is 0 Å². The Kier molecular flexibility index (Phi) is 18.1. The van der Waals surface area contributed by atoms with Crippen LogP contribution in [-0.4, -0.2) is 121 Å². The number of nitrogens with one attached hydrogen (secondary N) is 2. The van der Waals surface area contributed by atoms with Gasteiger partial charge in [0.15, 0.2) is 48.2 Å². The molecule has 0 aliphatic carbocycles. The molecule has 2 heterocycles. The van der Waals surface area contributed by atoms with Crippen LogP contribution in [0.4, 0.5) is 0 Å². The standard InChI is InChI=1S/C41H51N3O17S/c1-20(45)52-18-29-34(61-40-38(58-26(7)51)36(56-24(5)49)33(54-22(3)47)30(60-40)19-53-21(2)46)35(55-23(4)48)37(57-25(6)50)39(59-29)44-41(62)43-32(28-16-12-9-13-17-28)31(42)27-14-10-8-11-15-27/h8-17,29-40H,18-19,42H2,1-7H3,(H2,43,44,62)/t29-,30-,31-,32-,33+,34-,35+,36+,37-,38-,39-,40+/m1/s1. The van der Waals surface area contributed by atoms with Crippen molar-refractivity contribution < 1.29 is 80.9 Å². The Morgan fingerprint density at radius 1 is 0.565 bits per heavy atom. The Bertz CT molecular complexity index is 1910. The van der Waals surface area contributed by atoms with Crippen molar-refractivity contribution in [3.63, 3.8) is 0 Å². The fraction of sp³-hybridized carbons (Fsp3) is 0.512. The van der Waals surface area contributed by atoms with Gasteiger partial charge in [-0.3, -0.25) is 33.6 Å². The van der Waals surface area contributed by atoms with Crippen LogP contribution in [0, 0.1) is 0 Å². The summed E-state index contributed by atoms with van der Waals surface area (Å²) >= 11 is 5.77. The Labute approximate surface area is 362 Å². The minimum atomic E-state index is -1.83. The fourth-order valence-corrected chi connectivity index (χ4v) is 7.09. The van der Waals surface area contributed by atoms with E-state index in [-0.39, 0.29) is 5.11 Å². The molecule has 0 radical (unpaired) electrons. The highest BCUT2D eigenvalue weighted by molar-refractivity contribution is 7.80. The highest BCUT2D eigenvalue weighted by Crippen LogP contribution is 2.35. The molecular formula is C41H51N3O17S. The van der Waals surface area contributed by atoms with E-state index in [0.29, 0.717) is 0 Å². The third kappa shape index (κ3) is 14.2. The van der Waals surface area contributed by atoms with Gasteiger partial charge in [-0.2, -0.15) is 0 Å². The average molecular weight is 890 g/mol. The molecule has 0 saturated carbocycles. The van der Waals surface area contributed by atoms with Gasteiger partial charge in [0.2, 0.25) is 0 Å². The third-order valence-corrected chi connectivity index (χ3v) is 9.43. The van der Waals surface area contributed by atoms with E-state index in [9.17, 15) is 33.6 Å². The second kappa shape index (κ2) is 22.9. The summed E-state index contributed by atoms with van der Waals surface area (Å²) in [5.74, 6) is -5.98. The minimum absolute atomic E-state index is 0.0563. The van der Waals surface area contributed by atoms with Crippen molar-refractivity contribution in [3.05, 3.63) is 71.8 Å². The zero-order valence-corrected chi connectivity index (χ0v) is 35.9. The molecule has 2 aliphatic rings. The Hall–Kier alpha value is -5.74. The van der Waals surface area contributed by atoms with Crippen molar-refractivity contribution >= 4 is 59.1 Å². The van der Waals surface area contributed by atoms with E-state index in [0.717, 1.165) is 59.6 Å². The number of carbonyl (C=O) groups excluding carboxylic acids is 7. The van der Waals surface area contributed by atoms with E-state index in [4.69, 9.17) is 65.3 Å². The molecule has 2 aromatic carbocycles. The van der Waals surface area contributed by atoms with Crippen LogP contribution >= 0.6 is 12.2 Å². The first kappa shape index (κ1) is 48.9. The first-order valence-corrected chi connectivity index (χ1v) is 19.8. The van der Waals surface area contributed by atoms with Crippen LogP contribution in [0.2, 0.25) is 0 Å². The maximum atomic E-state index is 12.9. The van der Waals surface area contributed by atoms with Gasteiger partial charge in [-0.15, -0.1) is 0 Å². The molecule has 0 spiro atoms. The van der Waals surface area contributed by atoms with Crippen molar-refractivity contribution in [2.45, 2.75) is 122 Å². The average Bonchev–Trinajstić information content (AvgIpc) is 3.19. The molecule has 12 atom stereocenters. The molecule has 62 heavy (non-hydrogen) atoms. The SMILES string of the molecule is CC(=O)OC[C@H]1O[C@@H](O[C@H]2[C@H](OC(C)=O)[C@@H](OC(C)=O)[C@H](NC(=S)N[C@H](c3ccccc3)[C@H](N)c3ccccc3)O[C@@H]2COC(C)=O)[C@H](OC(C)=O)[C@@H](OC(C)=O)[C@H]1OC(C)=O. The minimum Gasteiger partial charge on any atom is -0.463 e. The molecule has 2 saturated heterocycles. The lowest BCUT2D eigenvalue weighted by Crippen LogP contribution is -2.69. The normalized spacial score (nSPS) is 26.5. The highest BCUT2D eigenvalue weighted by atomic mass is 32.1. The molecule has 21 heteroatoms. The number of carbonyl (C=O) groups is 7. The number of thiocarbonyl (C=S) groups is 1. The monoisotopic (exact) mass is 889 g/mol. The first-order chi connectivity index (χ1) is 29.3. The van der Waals surface area contributed by atoms with Gasteiger partial charge in [0.25, 0.3) is 0 Å². The summed E-state index contributed by atoms with van der Waals surface area (Å²) in [6.45, 7) is 6.33. The number of hydrogen-bond donors (Lipinski definition) is 3. The number of benzene rings is 2. The van der Waals surface area contributed by atoms with Gasteiger partial charge in [0.1, 0.15) is 31.5 Å². The number of esters is 7. The lowest BCUT2D eigenvalue weighted by atomic mass is 9.94. The first-order valence-electron chi connectivity index (χ1n) is 19.4. The second-order valence-electron chi connectivity index (χ2n) is 14.2. The largest absolute Gasteiger partial charge is 0.463 e. The summed E-state index contributed by atoms with van der Waals surface area (Å²) in [5, 5.41) is 6.12. The molecular weight excluding hydrogens is 839 g/mol. The molecule has 0 aromatic heterocycles. The van der Waals surface area contributed by atoms with Crippen LogP contribution in [0.3, 0.4) is 0 Å². The van der Waals surface area contributed by atoms with Crippen molar-refractivity contribution in [2.75, 3.05) is 13.2 Å². The summed E-state index contributed by atoms with van der Waals surface area (Å²) in [4.78, 5) is 87.1. The summed E-state index contributed by atoms with van der Waals surface area (Å²) < 4.78 is 57.5. The van der Waals surface area contributed by atoms with Gasteiger partial charge in [0.05, 0.1) is 12.1 Å². The predicted molar refractivity (Wildman–Crippen MR) is 215 cm³/mol. The second-order valence-corrected chi connectivity index (χ2v) is 14.6. The van der Waals surface area contributed by atoms with Crippen LogP contribution in [0.1, 0.15) is 71.7 Å². The van der Waals surface area contributed by atoms with Crippen molar-refractivity contribution in [1.29, 1.82) is 0 Å². The fourth-order valence-electron chi connectivity index (χ4n) is 6.85. The molecule has 4 N–H and O–H groups in total. The number of ether oxygens (including phenoxy) is 10. The van der Waals surface area contributed by atoms with Gasteiger partial charge < -0.3 is 63.7 Å². The Balaban J connectivity index is 1.78. The Morgan fingerprint density at radius 2 is 0.984 bits per heavy atom. The zero-order valence-electron chi connectivity index (χ0n) is 35.0. The van der Waals surface area contributed by atoms with E-state index in [1.807, 2.05) is 60.7 Å². The van der Waals surface area contributed by atoms with Gasteiger partial charge in [-0.1, -0.05) is 60.7 Å². The molecule has 20 nitrogen and oxygen atoms in total. The van der Waals surface area contributed by atoms with E-state index < -0.39 is 128 Å². The predicted octanol–water partition coefficient (Wildman–Crippen LogP) is 1.51. The zero-order chi connectivity index (χ0) is 45.7. The molecule has 2 aromatic rings. The van der Waals surface area contributed by atoms with Crippen molar-refractivity contribution in [2.24, 2.45) is 5.73 Å². The maximum absolute atomic E-state index is 12.9. The lowest BCUT2D eigenvalue weighted by molar-refractivity contribution is -0.345. The van der Waals surface area contributed by atoms with Gasteiger partial charge in [0, 0.05) is 48.5 Å². The number of rotatable bonds is 16. The van der Waals surface area contributed by atoms with E-state index >= 15 is 0 Å². The highest BCUT2D eigenvalue weighted by Gasteiger charge is 2.57. The van der Waals surface area contributed by atoms with Gasteiger partial charge in [-0.25, -0.2) is 0 Å². The quantitative estimate of drug-likeness (QED) is 0.123. The number of hydrogen-bond acceptors (Lipinski definition) is 19. The Morgan fingerprint density at radius 3 is 1.47 bits per heavy atom. The summed E-state index contributed by atoms with van der Waals surface area (Å²) in [5.41, 5.74) is 8.32. The van der Waals surface area contributed by atoms with Gasteiger partial charge >= 0.3 is 41.8 Å². The number of nitrogens with two attached hydrogens (primary N) is 1. The van der Waals surface area contributed by atoms with E-state index in [1.54, 1.807) is 0 Å².